The monoisotopic (exact) mass is 460 g/mol. The molecular formula is C21H21ClN4O4S. The third-order valence-corrected chi connectivity index (χ3v) is 7.41. The van der Waals surface area contributed by atoms with Crippen LogP contribution < -0.4 is 0 Å². The van der Waals surface area contributed by atoms with Crippen LogP contribution in [0.15, 0.2) is 46.8 Å². The molecule has 3 fully saturated rings. The Kier molecular flexibility index (Phi) is 4.93. The zero-order valence-electron chi connectivity index (χ0n) is 16.6. The summed E-state index contributed by atoms with van der Waals surface area (Å²) in [5.41, 5.74) is 1.34. The lowest BCUT2D eigenvalue weighted by Crippen LogP contribution is -2.33. The molecular weight excluding hydrogens is 440 g/mol. The van der Waals surface area contributed by atoms with Crippen LogP contribution >= 0.6 is 23.4 Å². The van der Waals surface area contributed by atoms with Gasteiger partial charge in [-0.05, 0) is 37.1 Å². The van der Waals surface area contributed by atoms with Gasteiger partial charge in [-0.2, -0.15) is 0 Å². The van der Waals surface area contributed by atoms with E-state index in [1.54, 1.807) is 6.33 Å². The van der Waals surface area contributed by atoms with Gasteiger partial charge in [0.2, 0.25) is 0 Å². The van der Waals surface area contributed by atoms with Gasteiger partial charge >= 0.3 is 0 Å². The summed E-state index contributed by atoms with van der Waals surface area (Å²) in [6.45, 7) is -0.129. The van der Waals surface area contributed by atoms with Crippen LogP contribution in [0.25, 0.3) is 11.2 Å². The van der Waals surface area contributed by atoms with E-state index in [9.17, 15) is 5.11 Å². The van der Waals surface area contributed by atoms with Crippen LogP contribution in [0, 0.1) is 0 Å². The smallest absolute Gasteiger partial charge is 0.169 e. The summed E-state index contributed by atoms with van der Waals surface area (Å²) in [6, 6.07) is 7.58. The molecule has 3 aliphatic rings. The summed E-state index contributed by atoms with van der Waals surface area (Å²) in [5.74, 6) is -0.550. The van der Waals surface area contributed by atoms with E-state index in [-0.39, 0.29) is 18.8 Å². The van der Waals surface area contributed by atoms with Crippen LogP contribution in [0.1, 0.15) is 31.9 Å². The number of hydrogen-bond donors (Lipinski definition) is 1. The average Bonchev–Trinajstić information content (AvgIpc) is 3.55. The highest BCUT2D eigenvalue weighted by Crippen LogP contribution is 2.49. The third-order valence-electron chi connectivity index (χ3n) is 6.16. The number of ether oxygens (including phenoxy) is 3. The molecule has 2 saturated heterocycles. The normalized spacial score (nSPS) is 29.2. The van der Waals surface area contributed by atoms with Crippen molar-refractivity contribution < 1.29 is 19.3 Å². The summed E-state index contributed by atoms with van der Waals surface area (Å²) >= 11 is 7.49. The van der Waals surface area contributed by atoms with E-state index in [2.05, 4.69) is 15.0 Å². The van der Waals surface area contributed by atoms with Crippen molar-refractivity contribution in [1.29, 1.82) is 0 Å². The highest BCUT2D eigenvalue weighted by molar-refractivity contribution is 7.99. The predicted octanol–water partition coefficient (Wildman–Crippen LogP) is 3.57. The van der Waals surface area contributed by atoms with Crippen LogP contribution in [0.5, 0.6) is 0 Å². The van der Waals surface area contributed by atoms with Crippen molar-refractivity contribution >= 4 is 34.5 Å². The summed E-state index contributed by atoms with van der Waals surface area (Å²) in [5, 5.41) is 11.3. The van der Waals surface area contributed by atoms with Crippen LogP contribution in [0.4, 0.5) is 0 Å². The molecule has 2 aromatic heterocycles. The first-order valence-electron chi connectivity index (χ1n) is 10.4. The average molecular weight is 461 g/mol. The lowest BCUT2D eigenvalue weighted by molar-refractivity contribution is -0.215. The largest absolute Gasteiger partial charge is 0.394 e. The number of aromatic nitrogens is 4. The molecule has 10 heteroatoms. The molecule has 0 amide bonds. The molecule has 1 saturated carbocycles. The Balaban J connectivity index is 1.34. The number of aliphatic hydroxyl groups is 1. The van der Waals surface area contributed by atoms with Crippen molar-refractivity contribution in [1.82, 2.24) is 19.5 Å². The van der Waals surface area contributed by atoms with Gasteiger partial charge in [-0.1, -0.05) is 23.4 Å². The number of rotatable bonds is 4. The Morgan fingerprint density at radius 2 is 1.87 bits per heavy atom. The lowest BCUT2D eigenvalue weighted by atomic mass is 10.1. The van der Waals surface area contributed by atoms with E-state index >= 15 is 0 Å². The number of hydrogen-bond acceptors (Lipinski definition) is 8. The second-order valence-corrected chi connectivity index (χ2v) is 9.59. The summed E-state index contributed by atoms with van der Waals surface area (Å²) in [7, 11) is 0. The molecule has 0 radical (unpaired) electrons. The molecule has 4 atom stereocenters. The molecule has 1 N–H and O–H groups in total. The predicted molar refractivity (Wildman–Crippen MR) is 113 cm³/mol. The minimum absolute atomic E-state index is 0.129. The van der Waals surface area contributed by atoms with Crippen molar-refractivity contribution in [2.24, 2.45) is 0 Å². The van der Waals surface area contributed by atoms with Gasteiger partial charge in [-0.25, -0.2) is 15.0 Å². The van der Waals surface area contributed by atoms with Crippen molar-refractivity contribution in [2.45, 2.75) is 65.9 Å². The van der Waals surface area contributed by atoms with E-state index in [1.165, 1.54) is 18.1 Å². The molecule has 31 heavy (non-hydrogen) atoms. The molecule has 1 aliphatic carbocycles. The maximum atomic E-state index is 9.88. The summed E-state index contributed by atoms with van der Waals surface area (Å²) in [6.07, 6.45) is 5.59. The fraction of sp³-hybridized carbons (Fsp3) is 0.476. The maximum Gasteiger partial charge on any atom is 0.169 e. The first kappa shape index (κ1) is 19.9. The fourth-order valence-electron chi connectivity index (χ4n) is 4.73. The molecule has 1 spiro atoms. The number of nitrogens with zero attached hydrogens (tertiary/aromatic N) is 4. The highest BCUT2D eigenvalue weighted by atomic mass is 35.5. The first-order chi connectivity index (χ1) is 15.2. The molecule has 2 aliphatic heterocycles. The number of imidazole rings is 1. The maximum absolute atomic E-state index is 9.88. The molecule has 8 nitrogen and oxygen atoms in total. The Bertz CT molecular complexity index is 1100. The van der Waals surface area contributed by atoms with Crippen LogP contribution in [-0.4, -0.2) is 55.3 Å². The third kappa shape index (κ3) is 3.35. The molecule has 0 unspecified atom stereocenters. The van der Waals surface area contributed by atoms with Crippen molar-refractivity contribution in [3.05, 3.63) is 41.9 Å². The number of aliphatic hydroxyl groups excluding tert-OH is 1. The van der Waals surface area contributed by atoms with E-state index in [0.29, 0.717) is 16.2 Å². The van der Waals surface area contributed by atoms with E-state index in [1.807, 2.05) is 28.8 Å². The lowest BCUT2D eigenvalue weighted by Gasteiger charge is -2.27. The zero-order valence-corrected chi connectivity index (χ0v) is 18.1. The molecule has 162 valence electrons. The van der Waals surface area contributed by atoms with Gasteiger partial charge in [0.05, 0.1) is 12.9 Å². The van der Waals surface area contributed by atoms with Crippen molar-refractivity contribution in [3.63, 3.8) is 0 Å². The summed E-state index contributed by atoms with van der Waals surface area (Å²) < 4.78 is 20.7. The standard InChI is InChI=1S/C21H21ClN4O4S/c22-12-3-5-13(6-4-12)31-19-15-18(23-10-24-19)26(11-25-15)20-17-16(14(9-27)28-20)29-21(30-17)7-1-2-8-21/h3-6,10-11,14,16-17,20,27H,1-2,7-9H2/t14-,16-,17-,20-/m1/s1. The van der Waals surface area contributed by atoms with Crippen LogP contribution in [0.3, 0.4) is 0 Å². The van der Waals surface area contributed by atoms with Gasteiger partial charge in [-0.3, -0.25) is 4.57 Å². The quantitative estimate of drug-likeness (QED) is 0.591. The number of halogens is 1. The Labute approximate surface area is 187 Å². The highest BCUT2D eigenvalue weighted by Gasteiger charge is 2.59. The van der Waals surface area contributed by atoms with Gasteiger partial charge in [0.1, 0.15) is 35.2 Å². The van der Waals surface area contributed by atoms with Crippen LogP contribution in [0.2, 0.25) is 5.02 Å². The second-order valence-electron chi connectivity index (χ2n) is 8.09. The fourth-order valence-corrected chi connectivity index (χ4v) is 5.69. The number of fused-ring (bicyclic) bond motifs is 2. The summed E-state index contributed by atoms with van der Waals surface area (Å²) in [4.78, 5) is 14.5. The topological polar surface area (TPSA) is 91.5 Å². The number of benzene rings is 1. The first-order valence-corrected chi connectivity index (χ1v) is 11.6. The SMILES string of the molecule is OC[C@H]1O[C@@H](n2cnc3c(Sc4ccc(Cl)cc4)ncnc32)[C@@H]2OC3(CCCC3)O[C@@H]21. The van der Waals surface area contributed by atoms with Gasteiger partial charge in [-0.15, -0.1) is 0 Å². The minimum atomic E-state index is -0.550. The van der Waals surface area contributed by atoms with Crippen molar-refractivity contribution in [3.8, 4) is 0 Å². The Morgan fingerprint density at radius 3 is 2.65 bits per heavy atom. The Hall–Kier alpha value is -1.75. The van der Waals surface area contributed by atoms with Gasteiger partial charge in [0.15, 0.2) is 17.7 Å². The zero-order chi connectivity index (χ0) is 21.0. The molecule has 0 bridgehead atoms. The molecule has 6 rings (SSSR count). The molecule has 4 heterocycles. The van der Waals surface area contributed by atoms with Gasteiger partial charge in [0.25, 0.3) is 0 Å². The van der Waals surface area contributed by atoms with Crippen molar-refractivity contribution in [2.75, 3.05) is 6.61 Å². The van der Waals surface area contributed by atoms with E-state index < -0.39 is 18.1 Å². The minimum Gasteiger partial charge on any atom is -0.394 e. The Morgan fingerprint density at radius 1 is 1.10 bits per heavy atom. The van der Waals surface area contributed by atoms with Gasteiger partial charge < -0.3 is 19.3 Å². The molecule has 1 aromatic carbocycles. The second kappa shape index (κ2) is 7.68. The van der Waals surface area contributed by atoms with Gasteiger partial charge in [0, 0.05) is 22.8 Å². The van der Waals surface area contributed by atoms with E-state index in [4.69, 9.17) is 25.8 Å². The van der Waals surface area contributed by atoms with Crippen LogP contribution in [-0.2, 0) is 14.2 Å². The van der Waals surface area contributed by atoms with E-state index in [0.717, 1.165) is 35.6 Å². The molecule has 3 aromatic rings.